The first-order valence-electron chi connectivity index (χ1n) is 8.82. The van der Waals surface area contributed by atoms with Crippen molar-refractivity contribution in [1.82, 2.24) is 19.2 Å². The molecule has 0 spiro atoms. The summed E-state index contributed by atoms with van der Waals surface area (Å²) in [5.41, 5.74) is 4.47. The maximum absolute atomic E-state index is 13.0. The van der Waals surface area contributed by atoms with Gasteiger partial charge in [-0.2, -0.15) is 5.10 Å². The molecular weight excluding hydrogens is 376 g/mol. The van der Waals surface area contributed by atoms with Crippen LogP contribution in [0, 0.1) is 13.8 Å². The number of halogens is 1. The molecule has 0 fully saturated rings. The highest BCUT2D eigenvalue weighted by atomic mass is 35.5. The molecule has 6 nitrogen and oxygen atoms in total. The first kappa shape index (κ1) is 18.3. The Bertz CT molecular complexity index is 1240. The van der Waals surface area contributed by atoms with Crippen molar-refractivity contribution in [1.29, 1.82) is 0 Å². The number of nitrogens with zero attached hydrogens (tertiary/aromatic N) is 4. The normalized spacial score (nSPS) is 11.1. The summed E-state index contributed by atoms with van der Waals surface area (Å²) in [4.78, 5) is 17.5. The van der Waals surface area contributed by atoms with E-state index in [0.29, 0.717) is 22.8 Å². The molecule has 4 aromatic rings. The van der Waals surface area contributed by atoms with Crippen LogP contribution in [0.2, 0.25) is 5.02 Å². The molecule has 3 aromatic heterocycles. The monoisotopic (exact) mass is 394 g/mol. The van der Waals surface area contributed by atoms with E-state index in [0.717, 1.165) is 28.1 Å². The molecule has 0 aliphatic carbocycles. The zero-order chi connectivity index (χ0) is 19.8. The molecule has 3 heterocycles. The Balaban J connectivity index is 1.77. The highest BCUT2D eigenvalue weighted by molar-refractivity contribution is 6.33. The van der Waals surface area contributed by atoms with E-state index < -0.39 is 0 Å². The number of methoxy groups -OCH3 is 1. The van der Waals surface area contributed by atoms with Crippen LogP contribution in [0.25, 0.3) is 16.8 Å². The van der Waals surface area contributed by atoms with E-state index in [4.69, 9.17) is 16.3 Å². The van der Waals surface area contributed by atoms with E-state index in [1.165, 1.54) is 0 Å². The largest absolute Gasteiger partial charge is 0.496 e. The molecule has 0 bridgehead atoms. The lowest BCUT2D eigenvalue weighted by molar-refractivity contribution is 0.406. The fourth-order valence-electron chi connectivity index (χ4n) is 3.34. The van der Waals surface area contributed by atoms with E-state index in [-0.39, 0.29) is 5.56 Å². The van der Waals surface area contributed by atoms with Crippen molar-refractivity contribution in [3.8, 4) is 17.0 Å². The molecule has 0 saturated heterocycles. The van der Waals surface area contributed by atoms with Crippen molar-refractivity contribution in [3.05, 3.63) is 81.1 Å². The predicted molar refractivity (Wildman–Crippen MR) is 109 cm³/mol. The molecule has 142 valence electrons. The molecule has 0 atom stereocenters. The van der Waals surface area contributed by atoms with Crippen LogP contribution in [0.15, 0.2) is 53.7 Å². The van der Waals surface area contributed by atoms with Gasteiger partial charge in [0.1, 0.15) is 11.3 Å². The highest BCUT2D eigenvalue weighted by Gasteiger charge is 2.14. The Labute approximate surface area is 167 Å². The van der Waals surface area contributed by atoms with Gasteiger partial charge in [0.05, 0.1) is 30.1 Å². The number of aromatic nitrogens is 4. The Morgan fingerprint density at radius 1 is 1.18 bits per heavy atom. The lowest BCUT2D eigenvalue weighted by Gasteiger charge is -2.13. The van der Waals surface area contributed by atoms with Crippen LogP contribution in [-0.4, -0.2) is 26.3 Å². The Morgan fingerprint density at radius 2 is 1.96 bits per heavy atom. The van der Waals surface area contributed by atoms with E-state index >= 15 is 0 Å². The zero-order valence-electron chi connectivity index (χ0n) is 15.8. The molecule has 0 N–H and O–H groups in total. The maximum Gasteiger partial charge on any atom is 0.276 e. The molecule has 7 heteroatoms. The minimum absolute atomic E-state index is 0.144. The third-order valence-corrected chi connectivity index (χ3v) is 5.15. The van der Waals surface area contributed by atoms with Gasteiger partial charge in [-0.3, -0.25) is 9.78 Å². The summed E-state index contributed by atoms with van der Waals surface area (Å²) >= 11 is 6.27. The van der Waals surface area contributed by atoms with E-state index in [2.05, 4.69) is 10.1 Å². The summed E-state index contributed by atoms with van der Waals surface area (Å²) in [6.45, 7) is 4.25. The molecule has 0 aliphatic rings. The van der Waals surface area contributed by atoms with Crippen molar-refractivity contribution < 1.29 is 4.74 Å². The third kappa shape index (κ3) is 3.05. The minimum Gasteiger partial charge on any atom is -0.496 e. The summed E-state index contributed by atoms with van der Waals surface area (Å²) in [6.07, 6.45) is 5.24. The first-order valence-corrected chi connectivity index (χ1v) is 9.20. The topological polar surface area (TPSA) is 61.4 Å². The van der Waals surface area contributed by atoms with Crippen molar-refractivity contribution in [3.63, 3.8) is 0 Å². The van der Waals surface area contributed by atoms with Crippen molar-refractivity contribution in [2.45, 2.75) is 20.4 Å². The Kier molecular flexibility index (Phi) is 4.65. The molecule has 0 saturated carbocycles. The number of hydrogen-bond donors (Lipinski definition) is 0. The summed E-state index contributed by atoms with van der Waals surface area (Å²) < 4.78 is 8.66. The highest BCUT2D eigenvalue weighted by Crippen LogP contribution is 2.27. The van der Waals surface area contributed by atoms with Crippen LogP contribution in [0.4, 0.5) is 0 Å². The van der Waals surface area contributed by atoms with Crippen LogP contribution in [0.1, 0.15) is 16.8 Å². The second-order valence-corrected chi connectivity index (χ2v) is 7.02. The summed E-state index contributed by atoms with van der Waals surface area (Å²) in [6, 6.07) is 9.20. The molecule has 0 aliphatic heterocycles. The first-order chi connectivity index (χ1) is 13.5. The molecule has 1 aromatic carbocycles. The number of rotatable bonds is 4. The Hall–Kier alpha value is -3.12. The lowest BCUT2D eigenvalue weighted by atomic mass is 10.1. The molecule has 0 radical (unpaired) electrons. The number of pyridine rings is 1. The van der Waals surface area contributed by atoms with E-state index in [1.54, 1.807) is 46.9 Å². The van der Waals surface area contributed by atoms with Gasteiger partial charge in [-0.15, -0.1) is 0 Å². The fraction of sp³-hybridized carbons (Fsp3) is 0.190. The second kappa shape index (κ2) is 7.13. The minimum atomic E-state index is -0.144. The average molecular weight is 395 g/mol. The van der Waals surface area contributed by atoms with E-state index in [1.807, 2.05) is 32.0 Å². The third-order valence-electron chi connectivity index (χ3n) is 4.82. The molecule has 0 amide bonds. The second-order valence-electron chi connectivity index (χ2n) is 6.62. The van der Waals surface area contributed by atoms with Gasteiger partial charge >= 0.3 is 0 Å². The van der Waals surface area contributed by atoms with Crippen LogP contribution in [0.3, 0.4) is 0 Å². The number of aryl methyl sites for hydroxylation is 1. The van der Waals surface area contributed by atoms with Crippen LogP contribution >= 0.6 is 11.6 Å². The van der Waals surface area contributed by atoms with Crippen molar-refractivity contribution in [2.75, 3.05) is 7.11 Å². The molecule has 4 rings (SSSR count). The van der Waals surface area contributed by atoms with Crippen molar-refractivity contribution >= 4 is 17.1 Å². The number of hydrogen-bond acceptors (Lipinski definition) is 4. The SMILES string of the molecule is COc1c(C)cnc(Cn2ccn3nc(-c4ccccc4Cl)cc3c2=O)c1C. The van der Waals surface area contributed by atoms with E-state index in [9.17, 15) is 4.79 Å². The average Bonchev–Trinajstić information content (AvgIpc) is 3.12. The number of benzene rings is 1. The summed E-state index contributed by atoms with van der Waals surface area (Å²) in [7, 11) is 1.64. The van der Waals surface area contributed by atoms with Gasteiger partial charge < -0.3 is 9.30 Å². The van der Waals surface area contributed by atoms with Gasteiger partial charge in [-0.05, 0) is 26.0 Å². The van der Waals surface area contributed by atoms with Crippen LogP contribution < -0.4 is 10.3 Å². The van der Waals surface area contributed by atoms with Crippen LogP contribution in [-0.2, 0) is 6.54 Å². The van der Waals surface area contributed by atoms with Gasteiger partial charge in [0.25, 0.3) is 5.56 Å². The predicted octanol–water partition coefficient (Wildman–Crippen LogP) is 3.89. The van der Waals surface area contributed by atoms with Crippen LogP contribution in [0.5, 0.6) is 5.75 Å². The van der Waals surface area contributed by atoms with Gasteiger partial charge in [0.15, 0.2) is 0 Å². The lowest BCUT2D eigenvalue weighted by Crippen LogP contribution is -2.22. The van der Waals surface area contributed by atoms with Gasteiger partial charge in [0.2, 0.25) is 0 Å². The standard InChI is InChI=1S/C21H19ClN4O2/c1-13-11-23-18(14(2)20(13)28-3)12-25-8-9-26-19(21(25)27)10-17(24-26)15-6-4-5-7-16(15)22/h4-11H,12H2,1-3H3. The zero-order valence-corrected chi connectivity index (χ0v) is 16.6. The summed E-state index contributed by atoms with van der Waals surface area (Å²) in [5, 5.41) is 5.09. The summed E-state index contributed by atoms with van der Waals surface area (Å²) in [5.74, 6) is 0.796. The molecular formula is C21H19ClN4O2. The van der Waals surface area contributed by atoms with Gasteiger partial charge in [0, 0.05) is 35.3 Å². The van der Waals surface area contributed by atoms with Gasteiger partial charge in [-0.25, -0.2) is 4.52 Å². The smallest absolute Gasteiger partial charge is 0.276 e. The molecule has 0 unspecified atom stereocenters. The Morgan fingerprint density at radius 3 is 2.71 bits per heavy atom. The quantitative estimate of drug-likeness (QED) is 0.527. The fourth-order valence-corrected chi connectivity index (χ4v) is 3.58. The molecule has 28 heavy (non-hydrogen) atoms. The van der Waals surface area contributed by atoms with Gasteiger partial charge in [-0.1, -0.05) is 29.8 Å². The number of fused-ring (bicyclic) bond motifs is 1. The number of ether oxygens (including phenoxy) is 1. The maximum atomic E-state index is 13.0. The van der Waals surface area contributed by atoms with Crippen molar-refractivity contribution in [2.24, 2.45) is 0 Å².